The average molecular weight is 335 g/mol. The zero-order chi connectivity index (χ0) is 17.0. The number of methoxy groups -OCH3 is 3. The molecule has 0 fully saturated rings. The van der Waals surface area contributed by atoms with E-state index < -0.39 is 11.9 Å². The molecule has 0 aliphatic rings. The number of carbonyl (C=O) groups is 2. The Morgan fingerprint density at radius 2 is 1.43 bits per heavy atom. The normalized spacial score (nSPS) is 10.1. The van der Waals surface area contributed by atoms with Gasteiger partial charge in [-0.2, -0.15) is 0 Å². The molecule has 2 aromatic carbocycles. The Morgan fingerprint density at radius 1 is 0.870 bits per heavy atom. The molecule has 0 spiro atoms. The summed E-state index contributed by atoms with van der Waals surface area (Å²) >= 11 is 6.23. The van der Waals surface area contributed by atoms with Gasteiger partial charge in [0.15, 0.2) is 0 Å². The maximum atomic E-state index is 11.8. The lowest BCUT2D eigenvalue weighted by molar-refractivity contribution is 0.0599. The van der Waals surface area contributed by atoms with E-state index in [1.165, 1.54) is 27.4 Å². The highest BCUT2D eigenvalue weighted by atomic mass is 35.5. The topological polar surface area (TPSA) is 61.8 Å². The standard InChI is InChI=1S/C17H15ClO5/c1-21-13-4-5-15(18)14(9-13)10-6-11(16(19)22-2)8-12(7-10)17(20)23-3/h4-9H,1-3H3. The van der Waals surface area contributed by atoms with Crippen LogP contribution >= 0.6 is 11.6 Å². The smallest absolute Gasteiger partial charge is 0.337 e. The lowest BCUT2D eigenvalue weighted by Gasteiger charge is -2.11. The van der Waals surface area contributed by atoms with Crippen LogP contribution in [0, 0.1) is 0 Å². The molecule has 6 heteroatoms. The Balaban J connectivity index is 2.66. The molecule has 0 amide bonds. The van der Waals surface area contributed by atoms with Crippen molar-refractivity contribution in [3.8, 4) is 16.9 Å². The summed E-state index contributed by atoms with van der Waals surface area (Å²) in [7, 11) is 4.08. The van der Waals surface area contributed by atoms with E-state index in [0.29, 0.717) is 21.9 Å². The third-order valence-electron chi connectivity index (χ3n) is 3.26. The number of rotatable bonds is 4. The Hall–Kier alpha value is -2.53. The molecule has 0 unspecified atom stereocenters. The van der Waals surface area contributed by atoms with Gasteiger partial charge in [-0.3, -0.25) is 0 Å². The maximum Gasteiger partial charge on any atom is 0.337 e. The van der Waals surface area contributed by atoms with E-state index >= 15 is 0 Å². The summed E-state index contributed by atoms with van der Waals surface area (Å²) < 4.78 is 14.6. The minimum Gasteiger partial charge on any atom is -0.497 e. The van der Waals surface area contributed by atoms with E-state index in [9.17, 15) is 9.59 Å². The summed E-state index contributed by atoms with van der Waals surface area (Å²) in [6.45, 7) is 0. The van der Waals surface area contributed by atoms with Crippen LogP contribution in [0.2, 0.25) is 5.02 Å². The number of halogens is 1. The Labute approximate surface area is 138 Å². The molecule has 0 atom stereocenters. The molecule has 0 bridgehead atoms. The molecule has 0 saturated carbocycles. The van der Waals surface area contributed by atoms with Gasteiger partial charge in [0.05, 0.1) is 32.5 Å². The Morgan fingerprint density at radius 3 is 1.91 bits per heavy atom. The fraction of sp³-hybridized carbons (Fsp3) is 0.176. The number of esters is 2. The van der Waals surface area contributed by atoms with Crippen LogP contribution in [-0.4, -0.2) is 33.3 Å². The molecule has 23 heavy (non-hydrogen) atoms. The average Bonchev–Trinajstić information content (AvgIpc) is 2.60. The molecule has 0 aliphatic carbocycles. The van der Waals surface area contributed by atoms with Crippen LogP contribution in [0.5, 0.6) is 5.75 Å². The molecule has 0 aliphatic heterocycles. The van der Waals surface area contributed by atoms with E-state index in [0.717, 1.165) is 0 Å². The molecule has 0 radical (unpaired) electrons. The number of benzene rings is 2. The molecule has 0 saturated heterocycles. The molecule has 120 valence electrons. The molecular weight excluding hydrogens is 320 g/mol. The summed E-state index contributed by atoms with van der Waals surface area (Å²) in [5.74, 6) is -0.514. The number of hydrogen-bond acceptors (Lipinski definition) is 5. The predicted molar refractivity (Wildman–Crippen MR) is 86.1 cm³/mol. The number of ether oxygens (including phenoxy) is 3. The summed E-state index contributed by atoms with van der Waals surface area (Å²) in [6, 6.07) is 9.72. The minimum atomic E-state index is -0.559. The van der Waals surface area contributed by atoms with E-state index in [4.69, 9.17) is 25.8 Å². The first-order valence-corrected chi connectivity index (χ1v) is 7.03. The lowest BCUT2D eigenvalue weighted by Crippen LogP contribution is -2.07. The van der Waals surface area contributed by atoms with Crippen LogP contribution in [-0.2, 0) is 9.47 Å². The van der Waals surface area contributed by atoms with Crippen molar-refractivity contribution in [1.82, 2.24) is 0 Å². The van der Waals surface area contributed by atoms with Crippen LogP contribution in [0.15, 0.2) is 36.4 Å². The predicted octanol–water partition coefficient (Wildman–Crippen LogP) is 3.59. The monoisotopic (exact) mass is 334 g/mol. The fourth-order valence-electron chi connectivity index (χ4n) is 2.11. The van der Waals surface area contributed by atoms with Crippen molar-refractivity contribution in [3.05, 3.63) is 52.5 Å². The number of hydrogen-bond donors (Lipinski definition) is 0. The molecule has 0 aromatic heterocycles. The zero-order valence-corrected chi connectivity index (χ0v) is 13.6. The van der Waals surface area contributed by atoms with Gasteiger partial charge in [0.25, 0.3) is 0 Å². The molecule has 2 aromatic rings. The van der Waals surface area contributed by atoms with E-state index in [-0.39, 0.29) is 11.1 Å². The van der Waals surface area contributed by atoms with Gasteiger partial charge in [0.1, 0.15) is 5.75 Å². The third kappa shape index (κ3) is 3.63. The van der Waals surface area contributed by atoms with Crippen molar-refractivity contribution >= 4 is 23.5 Å². The second-order valence-corrected chi connectivity index (χ2v) is 5.04. The van der Waals surface area contributed by atoms with Gasteiger partial charge in [0.2, 0.25) is 0 Å². The molecule has 2 rings (SSSR count). The van der Waals surface area contributed by atoms with E-state index in [2.05, 4.69) is 0 Å². The fourth-order valence-corrected chi connectivity index (χ4v) is 2.33. The highest BCUT2D eigenvalue weighted by Crippen LogP contribution is 2.33. The largest absolute Gasteiger partial charge is 0.497 e. The first-order chi connectivity index (χ1) is 11.0. The Kier molecular flexibility index (Phi) is 5.24. The van der Waals surface area contributed by atoms with Crippen molar-refractivity contribution in [1.29, 1.82) is 0 Å². The second-order valence-electron chi connectivity index (χ2n) is 4.63. The second kappa shape index (κ2) is 7.15. The quantitative estimate of drug-likeness (QED) is 0.800. The maximum absolute atomic E-state index is 11.8. The summed E-state index contributed by atoms with van der Waals surface area (Å²) in [6.07, 6.45) is 0. The first kappa shape index (κ1) is 16.8. The molecule has 0 heterocycles. The van der Waals surface area contributed by atoms with Crippen LogP contribution in [0.25, 0.3) is 11.1 Å². The van der Waals surface area contributed by atoms with Gasteiger partial charge in [-0.1, -0.05) is 11.6 Å². The summed E-state index contributed by atoms with van der Waals surface area (Å²) in [4.78, 5) is 23.7. The van der Waals surface area contributed by atoms with Gasteiger partial charge in [-0.25, -0.2) is 9.59 Å². The Bertz CT molecular complexity index is 720. The van der Waals surface area contributed by atoms with Gasteiger partial charge >= 0.3 is 11.9 Å². The van der Waals surface area contributed by atoms with Crippen molar-refractivity contribution < 1.29 is 23.8 Å². The molecule has 0 N–H and O–H groups in total. The van der Waals surface area contributed by atoms with Crippen molar-refractivity contribution in [3.63, 3.8) is 0 Å². The highest BCUT2D eigenvalue weighted by Gasteiger charge is 2.16. The van der Waals surface area contributed by atoms with Gasteiger partial charge in [-0.05, 0) is 42.0 Å². The van der Waals surface area contributed by atoms with Crippen molar-refractivity contribution in [2.24, 2.45) is 0 Å². The van der Waals surface area contributed by atoms with Crippen LogP contribution in [0.3, 0.4) is 0 Å². The molecular formula is C17H15ClO5. The van der Waals surface area contributed by atoms with E-state index in [1.807, 2.05) is 0 Å². The molecule has 5 nitrogen and oxygen atoms in total. The highest BCUT2D eigenvalue weighted by molar-refractivity contribution is 6.33. The van der Waals surface area contributed by atoms with Crippen molar-refractivity contribution in [2.75, 3.05) is 21.3 Å². The van der Waals surface area contributed by atoms with E-state index in [1.54, 1.807) is 30.3 Å². The SMILES string of the molecule is COC(=O)c1cc(C(=O)OC)cc(-c2cc(OC)ccc2Cl)c1. The van der Waals surface area contributed by atoms with Crippen LogP contribution in [0.1, 0.15) is 20.7 Å². The zero-order valence-electron chi connectivity index (χ0n) is 12.9. The summed E-state index contributed by atoms with van der Waals surface area (Å²) in [5.41, 5.74) is 1.66. The van der Waals surface area contributed by atoms with Gasteiger partial charge in [-0.15, -0.1) is 0 Å². The van der Waals surface area contributed by atoms with Gasteiger partial charge < -0.3 is 14.2 Å². The summed E-state index contributed by atoms with van der Waals surface area (Å²) in [5, 5.41) is 0.462. The minimum absolute atomic E-state index is 0.226. The third-order valence-corrected chi connectivity index (χ3v) is 3.59. The van der Waals surface area contributed by atoms with Crippen LogP contribution in [0.4, 0.5) is 0 Å². The number of carbonyl (C=O) groups excluding carboxylic acids is 2. The lowest BCUT2D eigenvalue weighted by atomic mass is 9.99. The van der Waals surface area contributed by atoms with Crippen LogP contribution < -0.4 is 4.74 Å². The van der Waals surface area contributed by atoms with Gasteiger partial charge in [0, 0.05) is 10.6 Å². The first-order valence-electron chi connectivity index (χ1n) is 6.65. The van der Waals surface area contributed by atoms with Crippen molar-refractivity contribution in [2.45, 2.75) is 0 Å².